The molecular formula is C17H22N2O2. The first-order chi connectivity index (χ1) is 10.2. The summed E-state index contributed by atoms with van der Waals surface area (Å²) in [7, 11) is 3.63. The molecule has 2 aromatic rings. The van der Waals surface area contributed by atoms with Gasteiger partial charge in [-0.1, -0.05) is 12.1 Å². The first-order valence-corrected chi connectivity index (χ1v) is 7.09. The Morgan fingerprint density at radius 2 is 1.90 bits per heavy atom. The minimum Gasteiger partial charge on any atom is -0.439 e. The van der Waals surface area contributed by atoms with Crippen LogP contribution in [0.5, 0.6) is 11.6 Å². The van der Waals surface area contributed by atoms with Gasteiger partial charge in [-0.3, -0.25) is 0 Å². The molecule has 4 heteroatoms. The monoisotopic (exact) mass is 286 g/mol. The molecular weight excluding hydrogens is 264 g/mol. The lowest BCUT2D eigenvalue weighted by molar-refractivity contribution is 0.202. The van der Waals surface area contributed by atoms with E-state index in [2.05, 4.69) is 28.5 Å². The van der Waals surface area contributed by atoms with Crippen molar-refractivity contribution in [2.45, 2.75) is 19.9 Å². The Balaban J connectivity index is 2.04. The van der Waals surface area contributed by atoms with E-state index in [-0.39, 0.29) is 0 Å². The number of methoxy groups -OCH3 is 1. The van der Waals surface area contributed by atoms with Crippen LogP contribution >= 0.6 is 0 Å². The fraction of sp³-hybridized carbons (Fsp3) is 0.353. The topological polar surface area (TPSA) is 43.4 Å². The number of aryl methyl sites for hydroxylation is 1. The molecule has 0 bridgehead atoms. The van der Waals surface area contributed by atoms with E-state index in [9.17, 15) is 0 Å². The van der Waals surface area contributed by atoms with Crippen LogP contribution in [-0.4, -0.2) is 25.7 Å². The molecule has 112 valence electrons. The van der Waals surface area contributed by atoms with Gasteiger partial charge in [0.15, 0.2) is 0 Å². The second-order valence-corrected chi connectivity index (χ2v) is 4.98. The summed E-state index contributed by atoms with van der Waals surface area (Å²) in [5, 5.41) is 3.11. The van der Waals surface area contributed by atoms with Crippen molar-refractivity contribution in [1.82, 2.24) is 10.3 Å². The quantitative estimate of drug-likeness (QED) is 0.849. The van der Waals surface area contributed by atoms with Crippen molar-refractivity contribution < 1.29 is 9.47 Å². The maximum Gasteiger partial charge on any atom is 0.222 e. The van der Waals surface area contributed by atoms with Crippen molar-refractivity contribution >= 4 is 0 Å². The number of ether oxygens (including phenoxy) is 2. The van der Waals surface area contributed by atoms with Crippen molar-refractivity contribution in [3.05, 3.63) is 53.2 Å². The van der Waals surface area contributed by atoms with E-state index < -0.39 is 0 Å². The smallest absolute Gasteiger partial charge is 0.222 e. The Morgan fingerprint density at radius 3 is 2.52 bits per heavy atom. The average Bonchev–Trinajstić information content (AvgIpc) is 2.49. The third-order valence-electron chi connectivity index (χ3n) is 3.20. The molecule has 1 aromatic heterocycles. The zero-order chi connectivity index (χ0) is 15.1. The van der Waals surface area contributed by atoms with Gasteiger partial charge in [0.05, 0.1) is 6.61 Å². The van der Waals surface area contributed by atoms with Crippen LogP contribution in [0.2, 0.25) is 0 Å². The number of aromatic nitrogens is 1. The summed E-state index contributed by atoms with van der Waals surface area (Å²) in [6, 6.07) is 10.1. The number of pyridine rings is 1. The summed E-state index contributed by atoms with van der Waals surface area (Å²) < 4.78 is 10.9. The SMILES string of the molecule is CNCc1cnc(Oc2ccc(CCOC)cc2)c(C)c1. The Labute approximate surface area is 126 Å². The Kier molecular flexibility index (Phi) is 5.72. The minimum absolute atomic E-state index is 0.652. The van der Waals surface area contributed by atoms with Crippen LogP contribution in [0.4, 0.5) is 0 Å². The summed E-state index contributed by atoms with van der Waals surface area (Å²) in [6.45, 7) is 3.55. The maximum atomic E-state index is 5.84. The molecule has 0 aliphatic carbocycles. The van der Waals surface area contributed by atoms with Gasteiger partial charge in [0, 0.05) is 25.4 Å². The minimum atomic E-state index is 0.652. The summed E-state index contributed by atoms with van der Waals surface area (Å²) >= 11 is 0. The lowest BCUT2D eigenvalue weighted by atomic mass is 10.1. The van der Waals surface area contributed by atoms with E-state index in [0.717, 1.165) is 36.4 Å². The van der Waals surface area contributed by atoms with Gasteiger partial charge in [0.25, 0.3) is 0 Å². The second kappa shape index (κ2) is 7.76. The van der Waals surface area contributed by atoms with Gasteiger partial charge in [0.2, 0.25) is 5.88 Å². The molecule has 0 radical (unpaired) electrons. The predicted molar refractivity (Wildman–Crippen MR) is 83.8 cm³/mol. The Bertz CT molecular complexity index is 568. The van der Waals surface area contributed by atoms with Gasteiger partial charge in [0.1, 0.15) is 5.75 Å². The molecule has 0 saturated carbocycles. The van der Waals surface area contributed by atoms with E-state index in [1.807, 2.05) is 32.3 Å². The summed E-state index contributed by atoms with van der Waals surface area (Å²) in [5.41, 5.74) is 3.42. The van der Waals surface area contributed by atoms with Gasteiger partial charge in [-0.05, 0) is 49.7 Å². The second-order valence-electron chi connectivity index (χ2n) is 4.98. The van der Waals surface area contributed by atoms with Gasteiger partial charge in [-0.25, -0.2) is 4.98 Å². The number of rotatable bonds is 7. The standard InChI is InChI=1S/C17H22N2O2/c1-13-10-15(11-18-2)12-19-17(13)21-16-6-4-14(5-7-16)8-9-20-3/h4-7,10,12,18H,8-9,11H2,1-3H3. The molecule has 0 atom stereocenters. The molecule has 4 nitrogen and oxygen atoms in total. The van der Waals surface area contributed by atoms with Gasteiger partial charge < -0.3 is 14.8 Å². The molecule has 21 heavy (non-hydrogen) atoms. The van der Waals surface area contributed by atoms with Crippen molar-refractivity contribution in [3.8, 4) is 11.6 Å². The van der Waals surface area contributed by atoms with Gasteiger partial charge >= 0.3 is 0 Å². The van der Waals surface area contributed by atoms with E-state index >= 15 is 0 Å². The molecule has 0 saturated heterocycles. The lowest BCUT2D eigenvalue weighted by Crippen LogP contribution is -2.06. The van der Waals surface area contributed by atoms with Crippen LogP contribution in [0.3, 0.4) is 0 Å². The molecule has 1 aromatic carbocycles. The molecule has 0 amide bonds. The summed E-state index contributed by atoms with van der Waals surface area (Å²) in [4.78, 5) is 4.38. The molecule has 0 unspecified atom stereocenters. The maximum absolute atomic E-state index is 5.84. The van der Waals surface area contributed by atoms with Crippen molar-refractivity contribution in [3.63, 3.8) is 0 Å². The number of hydrogen-bond donors (Lipinski definition) is 1. The fourth-order valence-electron chi connectivity index (χ4n) is 2.08. The normalized spacial score (nSPS) is 10.6. The summed E-state index contributed by atoms with van der Waals surface area (Å²) in [6.07, 6.45) is 2.75. The van der Waals surface area contributed by atoms with E-state index in [1.165, 1.54) is 5.56 Å². The largest absolute Gasteiger partial charge is 0.439 e. The first-order valence-electron chi connectivity index (χ1n) is 7.09. The molecule has 0 fully saturated rings. The van der Waals surface area contributed by atoms with E-state index in [1.54, 1.807) is 7.11 Å². The van der Waals surface area contributed by atoms with Crippen molar-refractivity contribution in [2.75, 3.05) is 20.8 Å². The first kappa shape index (κ1) is 15.5. The predicted octanol–water partition coefficient (Wildman–Crippen LogP) is 3.09. The molecule has 0 spiro atoms. The lowest BCUT2D eigenvalue weighted by Gasteiger charge is -2.09. The zero-order valence-electron chi connectivity index (χ0n) is 12.8. The highest BCUT2D eigenvalue weighted by molar-refractivity contribution is 5.35. The highest BCUT2D eigenvalue weighted by Crippen LogP contribution is 2.23. The fourth-order valence-corrected chi connectivity index (χ4v) is 2.08. The third kappa shape index (κ3) is 4.55. The van der Waals surface area contributed by atoms with Crippen molar-refractivity contribution in [2.24, 2.45) is 0 Å². The van der Waals surface area contributed by atoms with Crippen LogP contribution in [-0.2, 0) is 17.7 Å². The van der Waals surface area contributed by atoms with Crippen LogP contribution in [0.25, 0.3) is 0 Å². The van der Waals surface area contributed by atoms with Crippen molar-refractivity contribution in [1.29, 1.82) is 0 Å². The molecule has 1 N–H and O–H groups in total. The van der Waals surface area contributed by atoms with Crippen LogP contribution in [0.1, 0.15) is 16.7 Å². The molecule has 0 aliphatic rings. The number of nitrogens with one attached hydrogen (secondary N) is 1. The highest BCUT2D eigenvalue weighted by Gasteiger charge is 2.04. The van der Waals surface area contributed by atoms with E-state index in [0.29, 0.717) is 5.88 Å². The third-order valence-corrected chi connectivity index (χ3v) is 3.20. The molecule has 0 aliphatic heterocycles. The Morgan fingerprint density at radius 1 is 1.14 bits per heavy atom. The average molecular weight is 286 g/mol. The molecule has 1 heterocycles. The number of nitrogens with zero attached hydrogens (tertiary/aromatic N) is 1. The van der Waals surface area contributed by atoms with Crippen LogP contribution in [0, 0.1) is 6.92 Å². The highest BCUT2D eigenvalue weighted by atomic mass is 16.5. The van der Waals surface area contributed by atoms with Crippen LogP contribution < -0.4 is 10.1 Å². The number of hydrogen-bond acceptors (Lipinski definition) is 4. The zero-order valence-corrected chi connectivity index (χ0v) is 12.8. The van der Waals surface area contributed by atoms with Gasteiger partial charge in [-0.2, -0.15) is 0 Å². The summed E-state index contributed by atoms with van der Waals surface area (Å²) in [5.74, 6) is 1.45. The Hall–Kier alpha value is -1.91. The molecule has 2 rings (SSSR count). The van der Waals surface area contributed by atoms with Crippen LogP contribution in [0.15, 0.2) is 36.5 Å². The van der Waals surface area contributed by atoms with E-state index in [4.69, 9.17) is 9.47 Å². The van der Waals surface area contributed by atoms with Gasteiger partial charge in [-0.15, -0.1) is 0 Å². The number of benzene rings is 1.